The number of aromatic carboxylic acids is 1. The molecule has 0 radical (unpaired) electrons. The summed E-state index contributed by atoms with van der Waals surface area (Å²) in [5.74, 6) is -2.59. The zero-order valence-corrected chi connectivity index (χ0v) is 24.0. The van der Waals surface area contributed by atoms with Gasteiger partial charge in [0.15, 0.2) is 0 Å². The van der Waals surface area contributed by atoms with Gasteiger partial charge >= 0.3 is 5.97 Å². The minimum Gasteiger partial charge on any atom is -0.477 e. The highest BCUT2D eigenvalue weighted by Gasteiger charge is 2.23. The third-order valence-electron chi connectivity index (χ3n) is 7.29. The number of amides is 1. The number of ketones is 1. The fraction of sp³-hybridized carbons (Fsp3) is 0.400. The third kappa shape index (κ3) is 7.19. The molecule has 42 heavy (non-hydrogen) atoms. The zero-order chi connectivity index (χ0) is 30.4. The molecule has 1 aliphatic heterocycles. The Morgan fingerprint density at radius 1 is 1.10 bits per heavy atom. The van der Waals surface area contributed by atoms with Crippen LogP contribution in [0.4, 0.5) is 15.8 Å². The van der Waals surface area contributed by atoms with E-state index in [1.165, 1.54) is 6.20 Å². The first-order valence-electron chi connectivity index (χ1n) is 13.9. The number of hydrogen-bond donors (Lipinski definition) is 3. The number of carbonyl (C=O) groups excluding carboxylic acids is 2. The predicted molar refractivity (Wildman–Crippen MR) is 157 cm³/mol. The normalized spacial score (nSPS) is 14.6. The van der Waals surface area contributed by atoms with Crippen molar-refractivity contribution in [2.75, 3.05) is 50.0 Å². The molecule has 1 atom stereocenters. The van der Waals surface area contributed by atoms with Gasteiger partial charge < -0.3 is 25.2 Å². The van der Waals surface area contributed by atoms with Gasteiger partial charge in [-0.15, -0.1) is 0 Å². The standard InChI is InChI=1S/C30H36FN5O6/c1-4-34-17-24(30(40)41)28(38)23-14-25(31)27(15-26(23)34)35-9-11-36(12-10-35)42-18-20-5-7-21(8-6-20)33-29(39)19(2)13-22(37)16-32-3/h5-8,14-15,17,19,32H,4,9-13,16,18H2,1-3H3,(H,33,39)(H,40,41)/t19-/m1/s1. The molecule has 1 fully saturated rings. The van der Waals surface area contributed by atoms with Gasteiger partial charge in [0.25, 0.3) is 0 Å². The summed E-state index contributed by atoms with van der Waals surface area (Å²) in [6, 6.07) is 10.0. The molecule has 0 aliphatic carbocycles. The number of rotatable bonds is 12. The molecular weight excluding hydrogens is 545 g/mol. The summed E-state index contributed by atoms with van der Waals surface area (Å²) in [4.78, 5) is 56.1. The lowest BCUT2D eigenvalue weighted by Gasteiger charge is -2.35. The molecule has 4 rings (SSSR count). The summed E-state index contributed by atoms with van der Waals surface area (Å²) >= 11 is 0. The number of nitrogens with one attached hydrogen (secondary N) is 2. The van der Waals surface area contributed by atoms with E-state index in [-0.39, 0.29) is 35.6 Å². The molecule has 11 nitrogen and oxygen atoms in total. The van der Waals surface area contributed by atoms with E-state index in [0.717, 1.165) is 11.6 Å². The first-order valence-corrected chi connectivity index (χ1v) is 13.9. The number of halogens is 1. The van der Waals surface area contributed by atoms with Crippen LogP contribution < -0.4 is 21.0 Å². The van der Waals surface area contributed by atoms with Crippen LogP contribution in [-0.2, 0) is 27.6 Å². The molecule has 2 aromatic carbocycles. The number of nitrogens with zero attached hydrogens (tertiary/aromatic N) is 3. The van der Waals surface area contributed by atoms with Crippen LogP contribution in [0.15, 0.2) is 47.4 Å². The average Bonchev–Trinajstić information content (AvgIpc) is 2.97. The van der Waals surface area contributed by atoms with Crippen LogP contribution in [0.5, 0.6) is 0 Å². The van der Waals surface area contributed by atoms with Crippen LogP contribution >= 0.6 is 0 Å². The van der Waals surface area contributed by atoms with Gasteiger partial charge in [0.1, 0.15) is 17.2 Å². The Morgan fingerprint density at radius 2 is 1.79 bits per heavy atom. The first kappa shape index (κ1) is 30.8. The fourth-order valence-corrected chi connectivity index (χ4v) is 4.93. The van der Waals surface area contributed by atoms with E-state index in [2.05, 4.69) is 10.6 Å². The zero-order valence-electron chi connectivity index (χ0n) is 24.0. The Labute approximate surface area is 242 Å². The smallest absolute Gasteiger partial charge is 0.341 e. The van der Waals surface area contributed by atoms with Crippen LogP contribution in [0.25, 0.3) is 10.9 Å². The van der Waals surface area contributed by atoms with Gasteiger partial charge in [0.05, 0.1) is 24.4 Å². The molecular formula is C30H36FN5O6. The molecule has 3 N–H and O–H groups in total. The number of hydroxylamine groups is 2. The molecule has 2 heterocycles. The monoisotopic (exact) mass is 581 g/mol. The SMILES string of the molecule is CCn1cc(C(=O)O)c(=O)c2cc(F)c(N3CCN(OCc4ccc(NC(=O)[C@H](C)CC(=O)CNC)cc4)CC3)cc21. The van der Waals surface area contributed by atoms with Gasteiger partial charge in [0.2, 0.25) is 11.3 Å². The van der Waals surface area contributed by atoms with Crippen LogP contribution in [0.2, 0.25) is 0 Å². The lowest BCUT2D eigenvalue weighted by atomic mass is 10.0. The van der Waals surface area contributed by atoms with Gasteiger partial charge in [-0.25, -0.2) is 9.18 Å². The summed E-state index contributed by atoms with van der Waals surface area (Å²) in [6.45, 7) is 6.56. The van der Waals surface area contributed by atoms with Crippen LogP contribution in [-0.4, -0.2) is 72.2 Å². The summed E-state index contributed by atoms with van der Waals surface area (Å²) < 4.78 is 16.8. The number of carboxylic acid groups (broad SMARTS) is 1. The number of hydrogen-bond acceptors (Lipinski definition) is 8. The summed E-state index contributed by atoms with van der Waals surface area (Å²) in [7, 11) is 1.69. The minimum absolute atomic E-state index is 0.0190. The van der Waals surface area contributed by atoms with E-state index >= 15 is 4.39 Å². The number of piperazine rings is 1. The number of aromatic nitrogens is 1. The second kappa shape index (κ2) is 13.7. The van der Waals surface area contributed by atoms with Gasteiger partial charge in [-0.1, -0.05) is 19.1 Å². The summed E-state index contributed by atoms with van der Waals surface area (Å²) in [6.07, 6.45) is 1.48. The number of anilines is 2. The van der Waals surface area contributed by atoms with Crippen molar-refractivity contribution in [2.24, 2.45) is 5.92 Å². The van der Waals surface area contributed by atoms with Crippen molar-refractivity contribution in [2.45, 2.75) is 33.4 Å². The molecule has 1 saturated heterocycles. The number of carboxylic acids is 1. The average molecular weight is 582 g/mol. The van der Waals surface area contributed by atoms with Gasteiger partial charge in [-0.05, 0) is 43.8 Å². The number of likely N-dealkylation sites (N-methyl/N-ethyl adjacent to an activating group) is 1. The van der Waals surface area contributed by atoms with Crippen molar-refractivity contribution in [1.82, 2.24) is 14.9 Å². The number of Topliss-reactive ketones (excluding diaryl/α,β-unsaturated/α-hetero) is 1. The van der Waals surface area contributed by atoms with Crippen molar-refractivity contribution >= 4 is 39.9 Å². The van der Waals surface area contributed by atoms with Crippen LogP contribution in [0.3, 0.4) is 0 Å². The Kier molecular flexibility index (Phi) is 10.0. The highest BCUT2D eigenvalue weighted by Crippen LogP contribution is 2.26. The summed E-state index contributed by atoms with van der Waals surface area (Å²) in [5.41, 5.74) is 1.29. The minimum atomic E-state index is -1.34. The van der Waals surface area contributed by atoms with E-state index in [1.807, 2.05) is 29.0 Å². The van der Waals surface area contributed by atoms with E-state index in [0.29, 0.717) is 56.2 Å². The second-order valence-corrected chi connectivity index (χ2v) is 10.3. The Bertz CT molecular complexity index is 1520. The predicted octanol–water partition coefficient (Wildman–Crippen LogP) is 2.87. The third-order valence-corrected chi connectivity index (χ3v) is 7.29. The highest BCUT2D eigenvalue weighted by atomic mass is 19.1. The highest BCUT2D eigenvalue weighted by molar-refractivity contribution is 5.95. The van der Waals surface area contributed by atoms with E-state index in [4.69, 9.17) is 4.84 Å². The van der Waals surface area contributed by atoms with E-state index in [1.54, 1.807) is 36.7 Å². The summed E-state index contributed by atoms with van der Waals surface area (Å²) in [5, 5.41) is 16.8. The Balaban J connectivity index is 1.32. The molecule has 3 aromatic rings. The van der Waals surface area contributed by atoms with Crippen LogP contribution in [0.1, 0.15) is 36.2 Å². The van der Waals surface area contributed by atoms with Crippen molar-refractivity contribution in [1.29, 1.82) is 0 Å². The van der Waals surface area contributed by atoms with E-state index < -0.39 is 23.1 Å². The number of aryl methyl sites for hydroxylation is 1. The topological polar surface area (TPSA) is 133 Å². The van der Waals surface area contributed by atoms with Crippen molar-refractivity contribution in [3.8, 4) is 0 Å². The van der Waals surface area contributed by atoms with Crippen molar-refractivity contribution in [3.05, 3.63) is 69.8 Å². The van der Waals surface area contributed by atoms with Crippen molar-refractivity contribution in [3.63, 3.8) is 0 Å². The molecule has 12 heteroatoms. The quantitative estimate of drug-likeness (QED) is 0.295. The molecule has 224 valence electrons. The number of pyridine rings is 1. The molecule has 1 aliphatic rings. The molecule has 0 saturated carbocycles. The molecule has 0 spiro atoms. The molecule has 0 bridgehead atoms. The number of benzene rings is 2. The van der Waals surface area contributed by atoms with Crippen molar-refractivity contribution < 1.29 is 28.7 Å². The first-order chi connectivity index (χ1) is 20.1. The maximum atomic E-state index is 15.1. The van der Waals surface area contributed by atoms with Gasteiger partial charge in [-0.2, -0.15) is 5.06 Å². The van der Waals surface area contributed by atoms with E-state index in [9.17, 15) is 24.3 Å². The second-order valence-electron chi connectivity index (χ2n) is 10.3. The Hall–Kier alpha value is -4.13. The number of fused-ring (bicyclic) bond motifs is 1. The largest absolute Gasteiger partial charge is 0.477 e. The number of carbonyl (C=O) groups is 3. The van der Waals surface area contributed by atoms with Crippen LogP contribution in [0, 0.1) is 11.7 Å². The fourth-order valence-electron chi connectivity index (χ4n) is 4.93. The maximum absolute atomic E-state index is 15.1. The lowest BCUT2D eigenvalue weighted by Crippen LogP contribution is -2.46. The van der Waals surface area contributed by atoms with Gasteiger partial charge in [0, 0.05) is 62.3 Å². The molecule has 1 amide bonds. The molecule has 0 unspecified atom stereocenters. The lowest BCUT2D eigenvalue weighted by molar-refractivity contribution is -0.171. The van der Waals surface area contributed by atoms with Gasteiger partial charge in [-0.3, -0.25) is 19.2 Å². The maximum Gasteiger partial charge on any atom is 0.341 e. The Morgan fingerprint density at radius 3 is 2.40 bits per heavy atom. The molecule has 1 aromatic heterocycles.